The lowest BCUT2D eigenvalue weighted by molar-refractivity contribution is -0.170. The molecule has 5 heteroatoms. The van der Waals surface area contributed by atoms with E-state index in [0.29, 0.717) is 37.0 Å². The van der Waals surface area contributed by atoms with Gasteiger partial charge in [-0.1, -0.05) is 39.3 Å². The average molecular weight is 417 g/mol. The van der Waals surface area contributed by atoms with Gasteiger partial charge < -0.3 is 9.84 Å². The topological polar surface area (TPSA) is 80.7 Å². The Morgan fingerprint density at radius 2 is 1.83 bits per heavy atom. The van der Waals surface area contributed by atoms with Gasteiger partial charge in [0.15, 0.2) is 22.8 Å². The lowest BCUT2D eigenvalue weighted by Crippen LogP contribution is -2.67. The number of allylic oxidation sites excluding steroid dienone is 4. The highest BCUT2D eigenvalue weighted by Gasteiger charge is 2.75. The molecule has 1 N–H and O–H groups in total. The van der Waals surface area contributed by atoms with Crippen LogP contribution in [-0.2, 0) is 19.1 Å². The largest absolute Gasteiger partial charge is 0.490 e. The van der Waals surface area contributed by atoms with Crippen molar-refractivity contribution in [2.75, 3.05) is 0 Å². The van der Waals surface area contributed by atoms with E-state index in [1.807, 2.05) is 33.8 Å². The van der Waals surface area contributed by atoms with Crippen molar-refractivity contribution in [3.63, 3.8) is 0 Å². The van der Waals surface area contributed by atoms with E-state index in [1.165, 1.54) is 0 Å². The van der Waals surface area contributed by atoms with Crippen molar-refractivity contribution in [3.8, 4) is 0 Å². The molecule has 166 valence electrons. The zero-order chi connectivity index (χ0) is 22.9. The van der Waals surface area contributed by atoms with E-state index in [0.717, 1.165) is 5.57 Å². The Morgan fingerprint density at radius 1 is 1.23 bits per heavy atom. The number of rotatable bonds is 5. The zero-order valence-electron chi connectivity index (χ0n) is 19.6. The van der Waals surface area contributed by atoms with Gasteiger partial charge in [0.1, 0.15) is 11.9 Å². The van der Waals surface area contributed by atoms with Crippen LogP contribution in [0.4, 0.5) is 0 Å². The maximum absolute atomic E-state index is 14.2. The monoisotopic (exact) mass is 416 g/mol. The summed E-state index contributed by atoms with van der Waals surface area (Å²) in [7, 11) is 0. The second-order valence-corrected chi connectivity index (χ2v) is 11.2. The van der Waals surface area contributed by atoms with Crippen molar-refractivity contribution in [3.05, 3.63) is 23.0 Å². The third kappa shape index (κ3) is 2.88. The summed E-state index contributed by atoms with van der Waals surface area (Å²) < 4.78 is 6.19. The number of hydrogen-bond donors (Lipinski definition) is 1. The van der Waals surface area contributed by atoms with Gasteiger partial charge in [-0.3, -0.25) is 14.4 Å². The maximum Gasteiger partial charge on any atom is 0.184 e. The van der Waals surface area contributed by atoms with E-state index in [1.54, 1.807) is 27.7 Å². The van der Waals surface area contributed by atoms with Gasteiger partial charge in [0.25, 0.3) is 0 Å². The molecule has 0 unspecified atom stereocenters. The number of hydrogen-bond acceptors (Lipinski definition) is 5. The number of ketones is 3. The van der Waals surface area contributed by atoms with Gasteiger partial charge in [0.05, 0.1) is 11.0 Å². The summed E-state index contributed by atoms with van der Waals surface area (Å²) in [5.41, 5.74) is -3.16. The lowest BCUT2D eigenvalue weighted by Gasteiger charge is -2.55. The van der Waals surface area contributed by atoms with Crippen molar-refractivity contribution >= 4 is 17.3 Å². The van der Waals surface area contributed by atoms with Crippen molar-refractivity contribution in [1.82, 2.24) is 0 Å². The van der Waals surface area contributed by atoms with Crippen LogP contribution in [0.25, 0.3) is 0 Å². The van der Waals surface area contributed by atoms with Crippen LogP contribution in [0.15, 0.2) is 23.0 Å². The van der Waals surface area contributed by atoms with Crippen molar-refractivity contribution < 1.29 is 24.2 Å². The number of ether oxygens (including phenoxy) is 1. The van der Waals surface area contributed by atoms with Gasteiger partial charge >= 0.3 is 0 Å². The van der Waals surface area contributed by atoms with Gasteiger partial charge in [-0.15, -0.1) is 0 Å². The summed E-state index contributed by atoms with van der Waals surface area (Å²) in [6.07, 6.45) is 3.08. The van der Waals surface area contributed by atoms with Crippen LogP contribution in [0.3, 0.4) is 0 Å². The molecule has 1 spiro atoms. The highest BCUT2D eigenvalue weighted by molar-refractivity contribution is 6.33. The van der Waals surface area contributed by atoms with Crippen LogP contribution < -0.4 is 0 Å². The summed E-state index contributed by atoms with van der Waals surface area (Å²) in [6.45, 7) is 14.5. The molecule has 2 bridgehead atoms. The molecule has 5 nitrogen and oxygen atoms in total. The Kier molecular flexibility index (Phi) is 5.26. The molecule has 0 aromatic heterocycles. The van der Waals surface area contributed by atoms with E-state index in [-0.39, 0.29) is 11.6 Å². The lowest BCUT2D eigenvalue weighted by atomic mass is 9.42. The van der Waals surface area contributed by atoms with Crippen LogP contribution in [0, 0.1) is 22.2 Å². The third-order valence-corrected chi connectivity index (χ3v) is 7.48. The van der Waals surface area contributed by atoms with Gasteiger partial charge in [-0.2, -0.15) is 0 Å². The molecule has 3 rings (SSSR count). The van der Waals surface area contributed by atoms with Gasteiger partial charge in [0.2, 0.25) is 0 Å². The van der Waals surface area contributed by atoms with E-state index >= 15 is 0 Å². The standard InChI is InChI=1S/C25H36O5/c1-14(2)9-10-16-19(27)25(18(26)15(3)4)21(28)24(12-11-22(25,5)6)13-17(23(7,8)29)30-20(16)24/h9,15,17,29H,10-13H2,1-8H3/t17-,24+,25+/m1/s1. The quantitative estimate of drug-likeness (QED) is 0.533. The molecule has 0 radical (unpaired) electrons. The molecule has 0 aromatic carbocycles. The highest BCUT2D eigenvalue weighted by atomic mass is 16.5. The van der Waals surface area contributed by atoms with Crippen molar-refractivity contribution in [2.45, 2.75) is 92.8 Å². The summed E-state index contributed by atoms with van der Waals surface area (Å²) in [5, 5.41) is 10.7. The predicted molar refractivity (Wildman–Crippen MR) is 115 cm³/mol. The molecule has 0 aromatic rings. The molecular formula is C25H36O5. The molecule has 1 saturated heterocycles. The van der Waals surface area contributed by atoms with E-state index in [9.17, 15) is 19.5 Å². The molecule has 1 aliphatic heterocycles. The average Bonchev–Trinajstić information content (AvgIpc) is 2.99. The normalized spacial score (nSPS) is 32.8. The number of carbonyl (C=O) groups excluding carboxylic acids is 3. The van der Waals surface area contributed by atoms with Crippen LogP contribution in [-0.4, -0.2) is 34.2 Å². The highest BCUT2D eigenvalue weighted by Crippen LogP contribution is 2.66. The first-order valence-corrected chi connectivity index (χ1v) is 11.0. The van der Waals surface area contributed by atoms with Crippen LogP contribution in [0.1, 0.15) is 81.1 Å². The fourth-order valence-electron chi connectivity index (χ4n) is 5.59. The summed E-state index contributed by atoms with van der Waals surface area (Å²) in [5.74, 6) is -1.02. The summed E-state index contributed by atoms with van der Waals surface area (Å²) in [4.78, 5) is 41.9. The third-order valence-electron chi connectivity index (χ3n) is 7.48. The molecule has 3 aliphatic rings. The fraction of sp³-hybridized carbons (Fsp3) is 0.720. The predicted octanol–water partition coefficient (Wildman–Crippen LogP) is 4.33. The fourth-order valence-corrected chi connectivity index (χ4v) is 5.59. The maximum atomic E-state index is 14.2. The van der Waals surface area contributed by atoms with E-state index < -0.39 is 39.7 Å². The first kappa shape index (κ1) is 22.9. The zero-order valence-corrected chi connectivity index (χ0v) is 19.6. The minimum absolute atomic E-state index is 0.290. The molecule has 0 amide bonds. The Labute approximate surface area is 179 Å². The van der Waals surface area contributed by atoms with E-state index in [4.69, 9.17) is 4.74 Å². The van der Waals surface area contributed by atoms with Crippen molar-refractivity contribution in [1.29, 1.82) is 0 Å². The summed E-state index contributed by atoms with van der Waals surface area (Å²) in [6, 6.07) is 0. The number of Topliss-reactive ketones (excluding diaryl/α,β-unsaturated/α-hetero) is 3. The Balaban J connectivity index is 2.34. The minimum Gasteiger partial charge on any atom is -0.490 e. The second-order valence-electron chi connectivity index (χ2n) is 11.2. The molecule has 1 heterocycles. The molecule has 2 fully saturated rings. The van der Waals surface area contributed by atoms with Gasteiger partial charge in [0, 0.05) is 17.9 Å². The minimum atomic E-state index is -1.69. The molecule has 1 saturated carbocycles. The number of carbonyl (C=O) groups is 3. The summed E-state index contributed by atoms with van der Waals surface area (Å²) >= 11 is 0. The smallest absolute Gasteiger partial charge is 0.184 e. The van der Waals surface area contributed by atoms with Gasteiger partial charge in [-0.05, 0) is 52.4 Å². The molecule has 3 atom stereocenters. The Morgan fingerprint density at radius 3 is 2.33 bits per heavy atom. The van der Waals surface area contributed by atoms with Crippen LogP contribution in [0.2, 0.25) is 0 Å². The Hall–Kier alpha value is -1.75. The molecule has 2 aliphatic carbocycles. The molecule has 30 heavy (non-hydrogen) atoms. The van der Waals surface area contributed by atoms with Crippen molar-refractivity contribution in [2.24, 2.45) is 22.2 Å². The first-order chi connectivity index (χ1) is 13.6. The van der Waals surface area contributed by atoms with Crippen LogP contribution in [0.5, 0.6) is 0 Å². The van der Waals surface area contributed by atoms with Crippen LogP contribution >= 0.6 is 0 Å². The SMILES string of the molecule is CC(C)=CCC1=C2O[C@@H](C(C)(C)O)C[C@@]23CCC(C)(C)[C@@](C(=O)C(C)C)(C1=O)C3=O. The first-order valence-electron chi connectivity index (χ1n) is 11.0. The second kappa shape index (κ2) is 6.88. The number of fused-ring (bicyclic) bond motifs is 1. The van der Waals surface area contributed by atoms with E-state index in [2.05, 4.69) is 0 Å². The number of aliphatic hydroxyl groups is 1. The van der Waals surface area contributed by atoms with Gasteiger partial charge in [-0.25, -0.2) is 0 Å². The Bertz CT molecular complexity index is 862. The molecular weight excluding hydrogens is 380 g/mol.